The van der Waals surface area contributed by atoms with Gasteiger partial charge in [-0.15, -0.1) is 0 Å². The van der Waals surface area contributed by atoms with Crippen molar-refractivity contribution in [3.8, 4) is 6.07 Å². The number of nitrogens with zero attached hydrogens (tertiary/aromatic N) is 4. The lowest BCUT2D eigenvalue weighted by Crippen LogP contribution is -2.10. The van der Waals surface area contributed by atoms with Crippen LogP contribution in [0.4, 0.5) is 5.82 Å². The molecule has 0 atom stereocenters. The summed E-state index contributed by atoms with van der Waals surface area (Å²) in [5.74, 6) is 6.76. The number of nitrogens with two attached hydrogens (primary N) is 1. The smallest absolute Gasteiger partial charge is 0.140 e. The van der Waals surface area contributed by atoms with Gasteiger partial charge >= 0.3 is 0 Å². The Labute approximate surface area is 121 Å². The SMILES string of the molecule is N#CCc1nc2ccccc2n1Cc1ccnc(NN)c1. The van der Waals surface area contributed by atoms with Gasteiger partial charge in [-0.25, -0.2) is 15.8 Å². The number of imidazole rings is 1. The first-order chi connectivity index (χ1) is 10.3. The lowest BCUT2D eigenvalue weighted by Gasteiger charge is -2.09. The van der Waals surface area contributed by atoms with Crippen LogP contribution >= 0.6 is 0 Å². The average Bonchev–Trinajstić information content (AvgIpc) is 2.86. The van der Waals surface area contributed by atoms with Crippen molar-refractivity contribution in [2.45, 2.75) is 13.0 Å². The summed E-state index contributed by atoms with van der Waals surface area (Å²) in [5, 5.41) is 8.98. The van der Waals surface area contributed by atoms with Gasteiger partial charge in [-0.2, -0.15) is 5.26 Å². The van der Waals surface area contributed by atoms with E-state index in [-0.39, 0.29) is 6.42 Å². The molecule has 104 valence electrons. The van der Waals surface area contributed by atoms with Crippen LogP contribution in [0.25, 0.3) is 11.0 Å². The number of aromatic nitrogens is 3. The topological polar surface area (TPSA) is 92.5 Å². The summed E-state index contributed by atoms with van der Waals surface area (Å²) in [5.41, 5.74) is 5.49. The minimum absolute atomic E-state index is 0.280. The van der Waals surface area contributed by atoms with Crippen LogP contribution < -0.4 is 11.3 Å². The lowest BCUT2D eigenvalue weighted by molar-refractivity contribution is 0.768. The van der Waals surface area contributed by atoms with E-state index in [9.17, 15) is 0 Å². The number of benzene rings is 1. The highest BCUT2D eigenvalue weighted by molar-refractivity contribution is 5.76. The molecule has 6 nitrogen and oxygen atoms in total. The molecule has 21 heavy (non-hydrogen) atoms. The Morgan fingerprint density at radius 1 is 1.29 bits per heavy atom. The van der Waals surface area contributed by atoms with E-state index in [0.717, 1.165) is 22.4 Å². The maximum atomic E-state index is 8.98. The zero-order chi connectivity index (χ0) is 14.7. The number of nitriles is 1. The number of nitrogen functional groups attached to an aromatic ring is 1. The van der Waals surface area contributed by atoms with Crippen LogP contribution in [-0.4, -0.2) is 14.5 Å². The normalized spacial score (nSPS) is 10.5. The first-order valence-electron chi connectivity index (χ1n) is 6.54. The van der Waals surface area contributed by atoms with Crippen LogP contribution in [0.2, 0.25) is 0 Å². The van der Waals surface area contributed by atoms with Crippen LogP contribution in [0.15, 0.2) is 42.6 Å². The molecule has 0 spiro atoms. The number of fused-ring (bicyclic) bond motifs is 1. The molecule has 0 bridgehead atoms. The molecule has 0 amide bonds. The van der Waals surface area contributed by atoms with E-state index < -0.39 is 0 Å². The van der Waals surface area contributed by atoms with Gasteiger partial charge in [0.1, 0.15) is 11.6 Å². The fourth-order valence-electron chi connectivity index (χ4n) is 2.34. The summed E-state index contributed by atoms with van der Waals surface area (Å²) in [6.45, 7) is 0.620. The van der Waals surface area contributed by atoms with Gasteiger partial charge in [-0.3, -0.25) is 0 Å². The molecule has 3 aromatic rings. The molecule has 0 unspecified atom stereocenters. The Morgan fingerprint density at radius 2 is 2.14 bits per heavy atom. The zero-order valence-corrected chi connectivity index (χ0v) is 11.3. The molecular formula is C15H14N6. The van der Waals surface area contributed by atoms with Crippen molar-refractivity contribution in [2.75, 3.05) is 5.43 Å². The molecule has 3 N–H and O–H groups in total. The van der Waals surface area contributed by atoms with E-state index in [1.54, 1.807) is 6.20 Å². The highest BCUT2D eigenvalue weighted by Gasteiger charge is 2.10. The molecule has 6 heteroatoms. The van der Waals surface area contributed by atoms with Crippen LogP contribution in [0, 0.1) is 11.3 Å². The summed E-state index contributed by atoms with van der Waals surface area (Å²) in [6, 6.07) is 13.8. The molecule has 0 saturated carbocycles. The summed E-state index contributed by atoms with van der Waals surface area (Å²) in [6.07, 6.45) is 1.98. The number of pyridine rings is 1. The third kappa shape index (κ3) is 2.55. The van der Waals surface area contributed by atoms with Crippen molar-refractivity contribution in [3.05, 3.63) is 54.0 Å². The molecule has 0 aliphatic rings. The summed E-state index contributed by atoms with van der Waals surface area (Å²) in [7, 11) is 0. The van der Waals surface area contributed by atoms with Crippen LogP contribution in [-0.2, 0) is 13.0 Å². The molecule has 2 heterocycles. The summed E-state index contributed by atoms with van der Waals surface area (Å²) >= 11 is 0. The van der Waals surface area contributed by atoms with Crippen molar-refractivity contribution in [1.82, 2.24) is 14.5 Å². The third-order valence-electron chi connectivity index (χ3n) is 3.28. The quantitative estimate of drug-likeness (QED) is 0.561. The standard InChI is InChI=1S/C15H14N6/c16-7-5-15-19-12-3-1-2-4-13(12)21(15)10-11-6-8-18-14(9-11)20-17/h1-4,6,8-9H,5,10,17H2,(H,18,20). The summed E-state index contributed by atoms with van der Waals surface area (Å²) in [4.78, 5) is 8.62. The molecule has 0 saturated heterocycles. The van der Waals surface area contributed by atoms with Gasteiger partial charge in [-0.1, -0.05) is 12.1 Å². The zero-order valence-electron chi connectivity index (χ0n) is 11.3. The van der Waals surface area contributed by atoms with Crippen molar-refractivity contribution < 1.29 is 0 Å². The first-order valence-corrected chi connectivity index (χ1v) is 6.54. The minimum atomic E-state index is 0.280. The Kier molecular flexibility index (Phi) is 3.50. The van der Waals surface area contributed by atoms with E-state index in [1.807, 2.05) is 41.0 Å². The highest BCUT2D eigenvalue weighted by atomic mass is 15.2. The maximum Gasteiger partial charge on any atom is 0.140 e. The molecule has 0 radical (unpaired) electrons. The van der Waals surface area contributed by atoms with E-state index in [4.69, 9.17) is 11.1 Å². The Balaban J connectivity index is 2.06. The Hall–Kier alpha value is -2.91. The van der Waals surface area contributed by atoms with Gasteiger partial charge in [0.05, 0.1) is 23.5 Å². The minimum Gasteiger partial charge on any atom is -0.323 e. The second-order valence-electron chi connectivity index (χ2n) is 4.63. The maximum absolute atomic E-state index is 8.98. The van der Waals surface area contributed by atoms with E-state index in [0.29, 0.717) is 12.4 Å². The number of hydrogen-bond donors (Lipinski definition) is 2. The van der Waals surface area contributed by atoms with Crippen LogP contribution in [0.5, 0.6) is 0 Å². The molecule has 0 aliphatic carbocycles. The Bertz CT molecular complexity index is 814. The monoisotopic (exact) mass is 278 g/mol. The molecular weight excluding hydrogens is 264 g/mol. The van der Waals surface area contributed by atoms with E-state index in [1.165, 1.54) is 0 Å². The van der Waals surface area contributed by atoms with Crippen LogP contribution in [0.3, 0.4) is 0 Å². The van der Waals surface area contributed by atoms with Gasteiger partial charge in [0.25, 0.3) is 0 Å². The van der Waals surface area contributed by atoms with Gasteiger partial charge in [-0.05, 0) is 29.8 Å². The lowest BCUT2D eigenvalue weighted by atomic mass is 10.2. The fraction of sp³-hybridized carbons (Fsp3) is 0.133. The first kappa shape index (κ1) is 13.1. The van der Waals surface area contributed by atoms with Gasteiger partial charge in [0.2, 0.25) is 0 Å². The molecule has 2 aromatic heterocycles. The van der Waals surface area contributed by atoms with Crippen molar-refractivity contribution >= 4 is 16.9 Å². The second kappa shape index (κ2) is 5.61. The van der Waals surface area contributed by atoms with E-state index in [2.05, 4.69) is 21.5 Å². The summed E-state index contributed by atoms with van der Waals surface area (Å²) < 4.78 is 2.05. The average molecular weight is 278 g/mol. The number of nitrogens with one attached hydrogen (secondary N) is 1. The van der Waals surface area contributed by atoms with Gasteiger partial charge < -0.3 is 9.99 Å². The van der Waals surface area contributed by atoms with Crippen molar-refractivity contribution in [3.63, 3.8) is 0 Å². The van der Waals surface area contributed by atoms with Crippen molar-refractivity contribution in [1.29, 1.82) is 5.26 Å². The molecule has 1 aromatic carbocycles. The predicted octanol–water partition coefficient (Wildman–Crippen LogP) is 1.83. The largest absolute Gasteiger partial charge is 0.323 e. The second-order valence-corrected chi connectivity index (χ2v) is 4.63. The highest BCUT2D eigenvalue weighted by Crippen LogP contribution is 2.18. The Morgan fingerprint density at radius 3 is 2.95 bits per heavy atom. The molecule has 0 aliphatic heterocycles. The predicted molar refractivity (Wildman–Crippen MR) is 80.2 cm³/mol. The van der Waals surface area contributed by atoms with Crippen LogP contribution in [0.1, 0.15) is 11.4 Å². The number of anilines is 1. The van der Waals surface area contributed by atoms with E-state index >= 15 is 0 Å². The molecule has 0 fully saturated rings. The van der Waals surface area contributed by atoms with Gasteiger partial charge in [0.15, 0.2) is 0 Å². The van der Waals surface area contributed by atoms with Crippen molar-refractivity contribution in [2.24, 2.45) is 5.84 Å². The van der Waals surface area contributed by atoms with Gasteiger partial charge in [0, 0.05) is 12.7 Å². The molecule has 3 rings (SSSR count). The number of hydrazine groups is 1. The number of hydrogen-bond acceptors (Lipinski definition) is 5. The fourth-order valence-corrected chi connectivity index (χ4v) is 2.34. The number of para-hydroxylation sites is 2. The third-order valence-corrected chi connectivity index (χ3v) is 3.28. The number of rotatable bonds is 4.